The first-order valence-corrected chi connectivity index (χ1v) is 4.31. The maximum Gasteiger partial charge on any atom is 0.255 e. The van der Waals surface area contributed by atoms with Gasteiger partial charge in [0, 0.05) is 6.20 Å². The first-order valence-electron chi connectivity index (χ1n) is 4.31. The van der Waals surface area contributed by atoms with Gasteiger partial charge in [-0.2, -0.15) is 0 Å². The number of fused-ring (bicyclic) bond motifs is 1. The third-order valence-electron chi connectivity index (χ3n) is 1.97. The number of hydrogen-bond acceptors (Lipinski definition) is 4. The molecule has 1 amide bonds. The van der Waals surface area contributed by atoms with Crippen molar-refractivity contribution in [3.63, 3.8) is 0 Å². The maximum absolute atomic E-state index is 11.3. The number of aromatic nitrogens is 1. The van der Waals surface area contributed by atoms with E-state index < -0.39 is 6.23 Å². The van der Waals surface area contributed by atoms with E-state index in [4.69, 9.17) is 9.84 Å². The number of carbonyl (C=O) groups is 1. The summed E-state index contributed by atoms with van der Waals surface area (Å²) >= 11 is 0. The summed E-state index contributed by atoms with van der Waals surface area (Å²) in [6.07, 6.45) is 1.08. The molecule has 0 fully saturated rings. The molecule has 0 aromatic carbocycles. The van der Waals surface area contributed by atoms with E-state index in [1.54, 1.807) is 18.3 Å². The zero-order chi connectivity index (χ0) is 9.97. The molecule has 2 heterocycles. The van der Waals surface area contributed by atoms with Crippen LogP contribution < -0.4 is 5.32 Å². The Morgan fingerprint density at radius 2 is 2.50 bits per heavy atom. The predicted octanol–water partition coefficient (Wildman–Crippen LogP) is -0.168. The topological polar surface area (TPSA) is 71.5 Å². The number of aliphatic hydroxyl groups excluding tert-OH is 1. The Balaban J connectivity index is 2.21. The van der Waals surface area contributed by atoms with Gasteiger partial charge >= 0.3 is 0 Å². The van der Waals surface area contributed by atoms with E-state index >= 15 is 0 Å². The van der Waals surface area contributed by atoms with Crippen molar-refractivity contribution < 1.29 is 14.6 Å². The van der Waals surface area contributed by atoms with Gasteiger partial charge in [-0.25, -0.2) is 0 Å². The second kappa shape index (κ2) is 3.73. The van der Waals surface area contributed by atoms with Crippen LogP contribution in [0.3, 0.4) is 0 Å². The fourth-order valence-corrected chi connectivity index (χ4v) is 1.37. The predicted molar refractivity (Wildman–Crippen MR) is 47.5 cm³/mol. The molecule has 0 aliphatic carbocycles. The van der Waals surface area contributed by atoms with Gasteiger partial charge in [-0.15, -0.1) is 0 Å². The van der Waals surface area contributed by atoms with Gasteiger partial charge in [0.1, 0.15) is 5.69 Å². The summed E-state index contributed by atoms with van der Waals surface area (Å²) in [5, 5.41) is 11.2. The lowest BCUT2D eigenvalue weighted by atomic mass is 10.2. The minimum absolute atomic E-state index is 0.0749. The summed E-state index contributed by atoms with van der Waals surface area (Å²) in [6, 6.07) is 3.40. The molecular weight excluding hydrogens is 184 g/mol. The molecule has 0 radical (unpaired) electrons. The molecule has 0 saturated heterocycles. The van der Waals surface area contributed by atoms with Gasteiger partial charge in [-0.3, -0.25) is 9.78 Å². The number of ether oxygens (including phenoxy) is 1. The number of rotatable bonds is 3. The molecule has 1 aliphatic rings. The molecule has 1 aromatic rings. The van der Waals surface area contributed by atoms with Crippen LogP contribution in [-0.2, 0) is 4.74 Å². The number of hydrogen-bond donors (Lipinski definition) is 2. The molecule has 1 unspecified atom stereocenters. The van der Waals surface area contributed by atoms with Crippen molar-refractivity contribution in [3.8, 4) is 0 Å². The minimum atomic E-state index is -0.522. The average Bonchev–Trinajstić information content (AvgIpc) is 2.54. The van der Waals surface area contributed by atoms with Crippen LogP contribution in [0.4, 0.5) is 0 Å². The smallest absolute Gasteiger partial charge is 0.255 e. The van der Waals surface area contributed by atoms with Crippen molar-refractivity contribution in [2.75, 3.05) is 13.2 Å². The van der Waals surface area contributed by atoms with Gasteiger partial charge < -0.3 is 15.2 Å². The molecular formula is C9H10N2O3. The highest BCUT2D eigenvalue weighted by molar-refractivity contribution is 5.98. The van der Waals surface area contributed by atoms with Crippen molar-refractivity contribution in [1.29, 1.82) is 0 Å². The summed E-state index contributed by atoms with van der Waals surface area (Å²) in [7, 11) is 0. The Morgan fingerprint density at radius 1 is 1.64 bits per heavy atom. The van der Waals surface area contributed by atoms with Gasteiger partial charge in [0.25, 0.3) is 5.91 Å². The van der Waals surface area contributed by atoms with Crippen LogP contribution in [0.1, 0.15) is 22.3 Å². The highest BCUT2D eigenvalue weighted by atomic mass is 16.5. The second-order valence-electron chi connectivity index (χ2n) is 2.88. The van der Waals surface area contributed by atoms with Gasteiger partial charge in [0.15, 0.2) is 6.23 Å². The summed E-state index contributed by atoms with van der Waals surface area (Å²) in [5.41, 5.74) is 1.13. The Hall–Kier alpha value is -1.46. The van der Waals surface area contributed by atoms with Gasteiger partial charge in [0.05, 0.1) is 18.8 Å². The maximum atomic E-state index is 11.3. The normalized spacial score (nSPS) is 19.2. The number of aliphatic hydroxyl groups is 1. The van der Waals surface area contributed by atoms with Gasteiger partial charge in [0.2, 0.25) is 0 Å². The van der Waals surface area contributed by atoms with Crippen LogP contribution >= 0.6 is 0 Å². The first kappa shape index (κ1) is 9.11. The summed E-state index contributed by atoms with van der Waals surface area (Å²) in [5.74, 6) is -0.184. The first-order chi connectivity index (χ1) is 6.83. The Morgan fingerprint density at radius 3 is 3.29 bits per heavy atom. The van der Waals surface area contributed by atoms with Crippen molar-refractivity contribution in [1.82, 2.24) is 10.3 Å². The molecule has 2 N–H and O–H groups in total. The van der Waals surface area contributed by atoms with E-state index in [-0.39, 0.29) is 19.1 Å². The van der Waals surface area contributed by atoms with Crippen LogP contribution in [0.5, 0.6) is 0 Å². The highest BCUT2D eigenvalue weighted by Crippen LogP contribution is 2.23. The van der Waals surface area contributed by atoms with Crippen molar-refractivity contribution in [2.45, 2.75) is 6.23 Å². The van der Waals surface area contributed by atoms with E-state index in [1.807, 2.05) is 0 Å². The fourth-order valence-electron chi connectivity index (χ4n) is 1.37. The van der Waals surface area contributed by atoms with E-state index in [0.29, 0.717) is 11.3 Å². The van der Waals surface area contributed by atoms with E-state index in [1.165, 1.54) is 0 Å². The van der Waals surface area contributed by atoms with E-state index in [9.17, 15) is 4.79 Å². The molecule has 0 bridgehead atoms. The van der Waals surface area contributed by atoms with E-state index in [0.717, 1.165) is 0 Å². The van der Waals surface area contributed by atoms with Crippen LogP contribution in [0, 0.1) is 0 Å². The zero-order valence-corrected chi connectivity index (χ0v) is 7.43. The highest BCUT2D eigenvalue weighted by Gasteiger charge is 2.29. The van der Waals surface area contributed by atoms with E-state index in [2.05, 4.69) is 10.3 Å². The summed E-state index contributed by atoms with van der Waals surface area (Å²) < 4.78 is 5.20. The number of pyridine rings is 1. The molecule has 1 aliphatic heterocycles. The largest absolute Gasteiger partial charge is 0.394 e. The number of amides is 1. The lowest BCUT2D eigenvalue weighted by Crippen LogP contribution is -2.22. The molecule has 1 aromatic heterocycles. The van der Waals surface area contributed by atoms with Gasteiger partial charge in [-0.1, -0.05) is 0 Å². The quantitative estimate of drug-likeness (QED) is 0.701. The molecule has 2 rings (SSSR count). The minimum Gasteiger partial charge on any atom is -0.394 e. The summed E-state index contributed by atoms with van der Waals surface area (Å²) in [4.78, 5) is 15.4. The van der Waals surface area contributed by atoms with Crippen LogP contribution in [0.25, 0.3) is 0 Å². The molecule has 1 atom stereocenters. The fraction of sp³-hybridized carbons (Fsp3) is 0.333. The molecule has 5 nitrogen and oxygen atoms in total. The Kier molecular flexibility index (Phi) is 2.43. The summed E-state index contributed by atoms with van der Waals surface area (Å²) in [6.45, 7) is 0.107. The van der Waals surface area contributed by atoms with Crippen molar-refractivity contribution >= 4 is 5.91 Å². The van der Waals surface area contributed by atoms with Crippen molar-refractivity contribution in [2.24, 2.45) is 0 Å². The second-order valence-corrected chi connectivity index (χ2v) is 2.88. The molecule has 0 spiro atoms. The average molecular weight is 194 g/mol. The number of nitrogens with zero attached hydrogens (tertiary/aromatic N) is 1. The third kappa shape index (κ3) is 1.47. The monoisotopic (exact) mass is 194 g/mol. The molecule has 14 heavy (non-hydrogen) atoms. The molecule has 5 heteroatoms. The lowest BCUT2D eigenvalue weighted by molar-refractivity contribution is 0.0129. The third-order valence-corrected chi connectivity index (χ3v) is 1.97. The molecule has 74 valence electrons. The number of carbonyl (C=O) groups excluding carboxylic acids is 1. The molecule has 0 saturated carbocycles. The van der Waals surface area contributed by atoms with Crippen LogP contribution in [0.15, 0.2) is 18.3 Å². The Labute approximate surface area is 80.7 Å². The Bertz CT molecular complexity index is 354. The lowest BCUT2D eigenvalue weighted by Gasteiger charge is -2.10. The van der Waals surface area contributed by atoms with Crippen molar-refractivity contribution in [3.05, 3.63) is 29.6 Å². The zero-order valence-electron chi connectivity index (χ0n) is 7.43. The number of nitrogens with one attached hydrogen (secondary N) is 1. The SMILES string of the molecule is O=C1NC(OCCO)c2ncccc21. The van der Waals surface area contributed by atoms with Crippen LogP contribution in [-0.4, -0.2) is 29.2 Å². The van der Waals surface area contributed by atoms with Crippen LogP contribution in [0.2, 0.25) is 0 Å². The van der Waals surface area contributed by atoms with Gasteiger partial charge in [-0.05, 0) is 12.1 Å². The standard InChI is InChI=1S/C9H10N2O3/c12-4-5-14-9-7-6(8(13)11-9)2-1-3-10-7/h1-3,9,12H,4-5H2,(H,11,13).